The highest BCUT2D eigenvalue weighted by atomic mass is 16.6. The number of hydrogen-bond acceptors (Lipinski definition) is 4. The monoisotopic (exact) mass is 297 g/mol. The molecule has 1 aliphatic carbocycles. The summed E-state index contributed by atoms with van der Waals surface area (Å²) in [6, 6.07) is 0. The molecule has 0 aromatic rings. The molecule has 1 saturated carbocycles. The summed E-state index contributed by atoms with van der Waals surface area (Å²) in [6.07, 6.45) is 2.19. The highest BCUT2D eigenvalue weighted by Crippen LogP contribution is 2.49. The minimum Gasteiger partial charge on any atom is -0.459 e. The highest BCUT2D eigenvalue weighted by molar-refractivity contribution is 6.05. The molecule has 1 unspecified atom stereocenters. The fourth-order valence-corrected chi connectivity index (χ4v) is 2.75. The lowest BCUT2D eigenvalue weighted by Gasteiger charge is -2.26. The van der Waals surface area contributed by atoms with Gasteiger partial charge in [-0.05, 0) is 47.0 Å². The number of hydrogen-bond donors (Lipinski definition) is 0. The van der Waals surface area contributed by atoms with E-state index in [4.69, 9.17) is 9.47 Å². The molecule has 0 bridgehead atoms. The zero-order valence-electron chi connectivity index (χ0n) is 13.6. The quantitative estimate of drug-likeness (QED) is 0.575. The Kier molecular flexibility index (Phi) is 4.61. The van der Waals surface area contributed by atoms with Crippen LogP contribution in [0.5, 0.6) is 0 Å². The van der Waals surface area contributed by atoms with Crippen molar-refractivity contribution in [2.24, 2.45) is 11.3 Å². The van der Waals surface area contributed by atoms with Gasteiger partial charge in [-0.25, -0.2) is 0 Å². The predicted molar refractivity (Wildman–Crippen MR) is 78.7 cm³/mol. The molecule has 1 heterocycles. The second-order valence-electron chi connectivity index (χ2n) is 7.15. The predicted octanol–water partition coefficient (Wildman–Crippen LogP) is 1.99. The van der Waals surface area contributed by atoms with Crippen molar-refractivity contribution in [3.63, 3.8) is 0 Å². The molecule has 0 radical (unpaired) electrons. The molecule has 2 fully saturated rings. The van der Waals surface area contributed by atoms with E-state index in [1.807, 2.05) is 32.6 Å². The third kappa shape index (κ3) is 3.76. The highest BCUT2D eigenvalue weighted by Gasteiger charge is 2.60. The number of rotatable bonds is 5. The molecule has 2 aliphatic rings. The lowest BCUT2D eigenvalue weighted by atomic mass is 10.0. The van der Waals surface area contributed by atoms with Gasteiger partial charge in [0.15, 0.2) is 0 Å². The number of ether oxygens (including phenoxy) is 2. The molecule has 0 aromatic heterocycles. The average molecular weight is 297 g/mol. The first-order valence-electron chi connectivity index (χ1n) is 7.89. The molecule has 0 aromatic carbocycles. The zero-order valence-corrected chi connectivity index (χ0v) is 13.6. The molecule has 1 amide bonds. The third-order valence-corrected chi connectivity index (χ3v) is 4.08. The van der Waals surface area contributed by atoms with Crippen LogP contribution in [0.1, 0.15) is 47.0 Å². The fourth-order valence-electron chi connectivity index (χ4n) is 2.75. The van der Waals surface area contributed by atoms with Crippen LogP contribution in [0.2, 0.25) is 0 Å². The first-order chi connectivity index (χ1) is 9.78. The number of amides is 1. The Morgan fingerprint density at radius 3 is 2.48 bits per heavy atom. The Morgan fingerprint density at radius 2 is 1.95 bits per heavy atom. The van der Waals surface area contributed by atoms with Crippen LogP contribution in [0.15, 0.2) is 0 Å². The van der Waals surface area contributed by atoms with Crippen molar-refractivity contribution in [1.29, 1.82) is 0 Å². The van der Waals surface area contributed by atoms with Crippen LogP contribution in [0.25, 0.3) is 0 Å². The molecule has 5 nitrogen and oxygen atoms in total. The van der Waals surface area contributed by atoms with Crippen molar-refractivity contribution >= 4 is 11.9 Å². The fraction of sp³-hybridized carbons (Fsp3) is 0.875. The normalized spacial score (nSPS) is 24.0. The molecular weight excluding hydrogens is 270 g/mol. The van der Waals surface area contributed by atoms with Crippen molar-refractivity contribution in [2.45, 2.75) is 52.6 Å². The molecule has 0 N–H and O–H groups in total. The Morgan fingerprint density at radius 1 is 1.29 bits per heavy atom. The molecule has 0 spiro atoms. The number of esters is 1. The summed E-state index contributed by atoms with van der Waals surface area (Å²) < 4.78 is 10.9. The van der Waals surface area contributed by atoms with Gasteiger partial charge in [-0.1, -0.05) is 0 Å². The van der Waals surface area contributed by atoms with Gasteiger partial charge in [0.2, 0.25) is 5.91 Å². The van der Waals surface area contributed by atoms with Crippen molar-refractivity contribution in [2.75, 3.05) is 26.3 Å². The van der Waals surface area contributed by atoms with Gasteiger partial charge in [-0.2, -0.15) is 0 Å². The molecule has 1 saturated heterocycles. The van der Waals surface area contributed by atoms with Crippen molar-refractivity contribution < 1.29 is 19.1 Å². The molecule has 21 heavy (non-hydrogen) atoms. The summed E-state index contributed by atoms with van der Waals surface area (Å²) in [7, 11) is 0. The second-order valence-corrected chi connectivity index (χ2v) is 7.15. The van der Waals surface area contributed by atoms with Crippen molar-refractivity contribution in [1.82, 2.24) is 4.90 Å². The first kappa shape index (κ1) is 16.3. The summed E-state index contributed by atoms with van der Waals surface area (Å²) in [6.45, 7) is 10.3. The van der Waals surface area contributed by atoms with E-state index in [1.54, 1.807) is 0 Å². The van der Waals surface area contributed by atoms with E-state index >= 15 is 0 Å². The summed E-state index contributed by atoms with van der Waals surface area (Å²) in [5.74, 6) is -0.00709. The van der Waals surface area contributed by atoms with Gasteiger partial charge in [0.25, 0.3) is 0 Å². The molecule has 2 rings (SSSR count). The van der Waals surface area contributed by atoms with Crippen LogP contribution >= 0.6 is 0 Å². The van der Waals surface area contributed by atoms with E-state index in [9.17, 15) is 9.59 Å². The lowest BCUT2D eigenvalue weighted by Crippen LogP contribution is -2.42. The zero-order chi connectivity index (χ0) is 15.7. The lowest BCUT2D eigenvalue weighted by molar-refractivity contribution is -0.166. The minimum absolute atomic E-state index is 0.0456. The largest absolute Gasteiger partial charge is 0.459 e. The number of likely N-dealkylation sites (tertiary alicyclic amines) is 1. The van der Waals surface area contributed by atoms with Gasteiger partial charge in [0.1, 0.15) is 11.0 Å². The summed E-state index contributed by atoms with van der Waals surface area (Å²) in [5.41, 5.74) is -1.44. The molecule has 1 aliphatic heterocycles. The van der Waals surface area contributed by atoms with Crippen molar-refractivity contribution in [3.8, 4) is 0 Å². The molecule has 120 valence electrons. The maximum Gasteiger partial charge on any atom is 0.322 e. The van der Waals surface area contributed by atoms with Gasteiger partial charge in [-0.15, -0.1) is 0 Å². The van der Waals surface area contributed by atoms with E-state index in [1.165, 1.54) is 0 Å². The Balaban J connectivity index is 1.93. The summed E-state index contributed by atoms with van der Waals surface area (Å²) >= 11 is 0. The van der Waals surface area contributed by atoms with Crippen LogP contribution in [0, 0.1) is 11.3 Å². The van der Waals surface area contributed by atoms with Gasteiger partial charge in [0, 0.05) is 25.6 Å². The standard InChI is InChI=1S/C16H27NO4/c1-5-20-11-12-6-9-17(10-12)13(18)16(7-8-16)14(19)21-15(2,3)4/h12H,5-11H2,1-4H3. The van der Waals surface area contributed by atoms with E-state index in [0.717, 1.165) is 13.0 Å². The second kappa shape index (κ2) is 5.95. The van der Waals surface area contributed by atoms with Crippen LogP contribution in [-0.2, 0) is 19.1 Å². The van der Waals surface area contributed by atoms with Gasteiger partial charge < -0.3 is 14.4 Å². The Labute approximate surface area is 127 Å². The van der Waals surface area contributed by atoms with Crippen LogP contribution in [0.3, 0.4) is 0 Å². The Bertz CT molecular complexity index is 409. The molecule has 1 atom stereocenters. The summed E-state index contributed by atoms with van der Waals surface area (Å²) in [5, 5.41) is 0. The molecular formula is C16H27NO4. The maximum atomic E-state index is 12.7. The maximum absolute atomic E-state index is 12.7. The first-order valence-corrected chi connectivity index (χ1v) is 7.89. The SMILES string of the molecule is CCOCC1CCN(C(=O)C2(C(=O)OC(C)(C)C)CC2)C1. The van der Waals surface area contributed by atoms with Gasteiger partial charge in [-0.3, -0.25) is 9.59 Å². The van der Waals surface area contributed by atoms with E-state index in [2.05, 4.69) is 0 Å². The Hall–Kier alpha value is -1.10. The smallest absolute Gasteiger partial charge is 0.322 e. The van der Waals surface area contributed by atoms with Crippen molar-refractivity contribution in [3.05, 3.63) is 0 Å². The number of nitrogens with zero attached hydrogens (tertiary/aromatic N) is 1. The van der Waals surface area contributed by atoms with Crippen LogP contribution < -0.4 is 0 Å². The third-order valence-electron chi connectivity index (χ3n) is 4.08. The van der Waals surface area contributed by atoms with Crippen LogP contribution in [-0.4, -0.2) is 48.7 Å². The average Bonchev–Trinajstić information content (AvgIpc) is 3.07. The van der Waals surface area contributed by atoms with E-state index < -0.39 is 11.0 Å². The number of carbonyl (C=O) groups is 2. The minimum atomic E-state index is -0.895. The van der Waals surface area contributed by atoms with Gasteiger partial charge in [0.05, 0.1) is 6.61 Å². The van der Waals surface area contributed by atoms with Crippen LogP contribution in [0.4, 0.5) is 0 Å². The van der Waals surface area contributed by atoms with E-state index in [-0.39, 0.29) is 11.9 Å². The number of carbonyl (C=O) groups excluding carboxylic acids is 2. The summed E-state index contributed by atoms with van der Waals surface area (Å²) in [4.78, 5) is 26.8. The topological polar surface area (TPSA) is 55.8 Å². The van der Waals surface area contributed by atoms with E-state index in [0.29, 0.717) is 38.5 Å². The van der Waals surface area contributed by atoms with Gasteiger partial charge >= 0.3 is 5.97 Å². The molecule has 5 heteroatoms.